The van der Waals surface area contributed by atoms with Crippen LogP contribution in [0, 0.1) is 5.92 Å². The number of carbonyl (C=O) groups excluding carboxylic acids is 2. The number of ketones is 1. The molecular formula is C32H46O5. The zero-order chi connectivity index (χ0) is 26.9. The van der Waals surface area contributed by atoms with Crippen molar-refractivity contribution < 1.29 is 24.2 Å². The Balaban J connectivity index is 2.10. The SMILES string of the molecule is CCCCCCCCCCOc1ccc(C(=O)c2ccccc2)c(O)c1COC(=O)C(CC)CCCC. The van der Waals surface area contributed by atoms with Crippen molar-refractivity contribution in [2.24, 2.45) is 5.92 Å². The third-order valence-electron chi connectivity index (χ3n) is 6.87. The van der Waals surface area contributed by atoms with Crippen molar-refractivity contribution in [1.29, 1.82) is 0 Å². The number of hydrogen-bond donors (Lipinski definition) is 1. The fourth-order valence-corrected chi connectivity index (χ4v) is 4.44. The van der Waals surface area contributed by atoms with E-state index in [1.165, 1.54) is 38.5 Å². The molecule has 0 amide bonds. The van der Waals surface area contributed by atoms with Gasteiger partial charge in [-0.2, -0.15) is 0 Å². The Morgan fingerprint density at radius 2 is 1.46 bits per heavy atom. The third kappa shape index (κ3) is 10.2. The Morgan fingerprint density at radius 3 is 2.11 bits per heavy atom. The van der Waals surface area contributed by atoms with Crippen molar-refractivity contribution in [3.63, 3.8) is 0 Å². The van der Waals surface area contributed by atoms with Gasteiger partial charge in [-0.25, -0.2) is 0 Å². The number of hydrogen-bond acceptors (Lipinski definition) is 5. The Morgan fingerprint density at radius 1 is 0.811 bits per heavy atom. The van der Waals surface area contributed by atoms with E-state index in [1.807, 2.05) is 13.0 Å². The molecule has 2 rings (SSSR count). The second-order valence-corrected chi connectivity index (χ2v) is 9.81. The molecule has 5 nitrogen and oxygen atoms in total. The van der Waals surface area contributed by atoms with Crippen LogP contribution < -0.4 is 4.74 Å². The lowest BCUT2D eigenvalue weighted by Crippen LogP contribution is -2.17. The molecule has 37 heavy (non-hydrogen) atoms. The summed E-state index contributed by atoms with van der Waals surface area (Å²) in [5.41, 5.74) is 1.01. The minimum Gasteiger partial charge on any atom is -0.507 e. The summed E-state index contributed by atoms with van der Waals surface area (Å²) < 4.78 is 11.7. The van der Waals surface area contributed by atoms with Gasteiger partial charge in [0.15, 0.2) is 5.78 Å². The molecule has 0 heterocycles. The Kier molecular flexibility index (Phi) is 14.5. The lowest BCUT2D eigenvalue weighted by molar-refractivity contribution is -0.150. The standard InChI is InChI=1S/C32H46O5/c1-4-7-9-10-11-12-13-17-23-36-29-22-21-27(30(33)26-19-15-14-16-20-26)31(34)28(29)24-37-32(35)25(6-3)18-8-5-2/h14-16,19-22,25,34H,4-13,17-18,23-24H2,1-3H3. The molecule has 204 valence electrons. The molecule has 0 radical (unpaired) electrons. The van der Waals surface area contributed by atoms with Crippen LogP contribution in [0.3, 0.4) is 0 Å². The monoisotopic (exact) mass is 510 g/mol. The minimum atomic E-state index is -0.283. The van der Waals surface area contributed by atoms with Gasteiger partial charge in [0.1, 0.15) is 18.1 Å². The Hall–Kier alpha value is -2.82. The van der Waals surface area contributed by atoms with E-state index in [1.54, 1.807) is 36.4 Å². The zero-order valence-electron chi connectivity index (χ0n) is 23.1. The van der Waals surface area contributed by atoms with Gasteiger partial charge in [-0.05, 0) is 31.4 Å². The van der Waals surface area contributed by atoms with Crippen LogP contribution >= 0.6 is 0 Å². The summed E-state index contributed by atoms with van der Waals surface area (Å²) in [5.74, 6) is -0.451. The number of esters is 1. The quantitative estimate of drug-likeness (QED) is 0.117. The van der Waals surface area contributed by atoms with E-state index >= 15 is 0 Å². The lowest BCUT2D eigenvalue weighted by atomic mass is 9.99. The van der Waals surface area contributed by atoms with Crippen LogP contribution in [0.1, 0.15) is 119 Å². The van der Waals surface area contributed by atoms with Gasteiger partial charge in [0.05, 0.1) is 23.7 Å². The maximum atomic E-state index is 13.1. The van der Waals surface area contributed by atoms with E-state index in [0.717, 1.165) is 32.1 Å². The number of phenols is 1. The number of benzene rings is 2. The predicted octanol–water partition coefficient (Wildman–Crippen LogP) is 8.40. The topological polar surface area (TPSA) is 72.8 Å². The number of phenolic OH excluding ortho intramolecular Hbond substituents is 1. The fourth-order valence-electron chi connectivity index (χ4n) is 4.44. The van der Waals surface area contributed by atoms with E-state index in [2.05, 4.69) is 13.8 Å². The Bertz CT molecular complexity index is 938. The van der Waals surface area contributed by atoms with Gasteiger partial charge in [0.2, 0.25) is 0 Å². The minimum absolute atomic E-state index is 0.129. The van der Waals surface area contributed by atoms with Gasteiger partial charge < -0.3 is 14.6 Å². The first-order chi connectivity index (χ1) is 18.0. The highest BCUT2D eigenvalue weighted by molar-refractivity contribution is 6.11. The van der Waals surface area contributed by atoms with Gasteiger partial charge in [-0.1, -0.05) is 109 Å². The van der Waals surface area contributed by atoms with E-state index < -0.39 is 0 Å². The predicted molar refractivity (Wildman–Crippen MR) is 149 cm³/mol. The number of unbranched alkanes of at least 4 members (excludes halogenated alkanes) is 8. The van der Waals surface area contributed by atoms with E-state index in [-0.39, 0.29) is 35.6 Å². The van der Waals surface area contributed by atoms with Crippen molar-refractivity contribution in [3.05, 3.63) is 59.2 Å². The summed E-state index contributed by atoms with van der Waals surface area (Å²) in [5, 5.41) is 11.1. The molecule has 0 aromatic heterocycles. The van der Waals surface area contributed by atoms with Crippen LogP contribution in [0.15, 0.2) is 42.5 Å². The molecule has 0 aliphatic rings. The van der Waals surface area contributed by atoms with E-state index in [4.69, 9.17) is 9.47 Å². The van der Waals surface area contributed by atoms with E-state index in [9.17, 15) is 14.7 Å². The van der Waals surface area contributed by atoms with E-state index in [0.29, 0.717) is 29.9 Å². The molecule has 0 saturated heterocycles. The zero-order valence-corrected chi connectivity index (χ0v) is 23.1. The highest BCUT2D eigenvalue weighted by atomic mass is 16.5. The molecule has 1 unspecified atom stereocenters. The van der Waals surface area contributed by atoms with Crippen molar-refractivity contribution in [3.8, 4) is 11.5 Å². The molecule has 1 atom stereocenters. The maximum absolute atomic E-state index is 13.1. The van der Waals surface area contributed by atoms with Crippen molar-refractivity contribution >= 4 is 11.8 Å². The van der Waals surface area contributed by atoms with Gasteiger partial charge in [0.25, 0.3) is 0 Å². The summed E-state index contributed by atoms with van der Waals surface area (Å²) in [6.45, 7) is 6.69. The van der Waals surface area contributed by atoms with Gasteiger partial charge in [0, 0.05) is 5.56 Å². The van der Waals surface area contributed by atoms with Crippen LogP contribution in [-0.2, 0) is 16.1 Å². The molecule has 0 bridgehead atoms. The lowest BCUT2D eigenvalue weighted by Gasteiger charge is -2.18. The Labute approximate surface area is 223 Å². The molecular weight excluding hydrogens is 464 g/mol. The summed E-state index contributed by atoms with van der Waals surface area (Å²) in [4.78, 5) is 25.8. The fraction of sp³-hybridized carbons (Fsp3) is 0.562. The van der Waals surface area contributed by atoms with Crippen molar-refractivity contribution in [2.45, 2.75) is 104 Å². The number of rotatable bonds is 19. The van der Waals surface area contributed by atoms with Crippen LogP contribution in [0.4, 0.5) is 0 Å². The average Bonchev–Trinajstić information content (AvgIpc) is 2.92. The highest BCUT2D eigenvalue weighted by Crippen LogP contribution is 2.34. The molecule has 2 aromatic rings. The van der Waals surface area contributed by atoms with Gasteiger partial charge in [-0.3, -0.25) is 9.59 Å². The van der Waals surface area contributed by atoms with Crippen molar-refractivity contribution in [2.75, 3.05) is 6.61 Å². The summed E-state index contributed by atoms with van der Waals surface area (Å²) in [6, 6.07) is 12.1. The molecule has 0 aliphatic heterocycles. The maximum Gasteiger partial charge on any atom is 0.309 e. The highest BCUT2D eigenvalue weighted by Gasteiger charge is 2.23. The third-order valence-corrected chi connectivity index (χ3v) is 6.87. The van der Waals surface area contributed by atoms with Gasteiger partial charge in [-0.15, -0.1) is 0 Å². The molecule has 2 aromatic carbocycles. The molecule has 5 heteroatoms. The number of ether oxygens (including phenoxy) is 2. The largest absolute Gasteiger partial charge is 0.507 e. The average molecular weight is 511 g/mol. The molecule has 0 aliphatic carbocycles. The second-order valence-electron chi connectivity index (χ2n) is 9.81. The van der Waals surface area contributed by atoms with Crippen LogP contribution in [0.5, 0.6) is 11.5 Å². The normalized spacial score (nSPS) is 11.8. The summed E-state index contributed by atoms with van der Waals surface area (Å²) >= 11 is 0. The summed E-state index contributed by atoms with van der Waals surface area (Å²) in [7, 11) is 0. The first kappa shape index (κ1) is 30.4. The summed E-state index contributed by atoms with van der Waals surface area (Å²) in [6.07, 6.45) is 13.1. The molecule has 0 saturated carbocycles. The molecule has 0 spiro atoms. The smallest absolute Gasteiger partial charge is 0.309 e. The van der Waals surface area contributed by atoms with Crippen molar-refractivity contribution in [1.82, 2.24) is 0 Å². The van der Waals surface area contributed by atoms with Crippen LogP contribution in [0.25, 0.3) is 0 Å². The number of carbonyl (C=O) groups is 2. The number of aromatic hydroxyl groups is 1. The first-order valence-corrected chi connectivity index (χ1v) is 14.3. The molecule has 1 N–H and O–H groups in total. The second kappa shape index (κ2) is 17.6. The van der Waals surface area contributed by atoms with Crippen LogP contribution in [-0.4, -0.2) is 23.5 Å². The van der Waals surface area contributed by atoms with Gasteiger partial charge >= 0.3 is 5.97 Å². The molecule has 0 fully saturated rings. The van der Waals surface area contributed by atoms with Crippen LogP contribution in [0.2, 0.25) is 0 Å². The first-order valence-electron chi connectivity index (χ1n) is 14.3.